The normalized spacial score (nSPS) is 13.8. The fourth-order valence-electron chi connectivity index (χ4n) is 1.93. The minimum absolute atomic E-state index is 0.0232. The molecular weight excluding hydrogens is 210 g/mol. The van der Waals surface area contributed by atoms with E-state index in [0.29, 0.717) is 11.8 Å². The van der Waals surface area contributed by atoms with Crippen LogP contribution in [0.15, 0.2) is 28.7 Å². The lowest BCUT2D eigenvalue weighted by atomic mass is 10.0. The molecule has 92 valence electrons. The summed E-state index contributed by atoms with van der Waals surface area (Å²) in [5, 5.41) is 1.15. The molecule has 1 heterocycles. The molecule has 0 spiro atoms. The van der Waals surface area contributed by atoms with Gasteiger partial charge in [-0.25, -0.2) is 0 Å². The van der Waals surface area contributed by atoms with Crippen molar-refractivity contribution in [2.75, 3.05) is 0 Å². The summed E-state index contributed by atoms with van der Waals surface area (Å²) in [4.78, 5) is 0. The van der Waals surface area contributed by atoms with Crippen LogP contribution in [-0.2, 0) is 0 Å². The van der Waals surface area contributed by atoms with Crippen molar-refractivity contribution in [1.29, 1.82) is 0 Å². The number of benzene rings is 1. The van der Waals surface area contributed by atoms with Gasteiger partial charge in [-0.15, -0.1) is 0 Å². The minimum atomic E-state index is -0.0232. The van der Waals surface area contributed by atoms with Crippen LogP contribution < -0.4 is 5.73 Å². The summed E-state index contributed by atoms with van der Waals surface area (Å²) in [7, 11) is 0. The predicted octanol–water partition coefficient (Wildman–Crippen LogP) is 4.21. The van der Waals surface area contributed by atoms with Crippen molar-refractivity contribution in [1.82, 2.24) is 0 Å². The number of furan rings is 1. The van der Waals surface area contributed by atoms with E-state index < -0.39 is 0 Å². The Kier molecular flexibility index (Phi) is 3.25. The first-order valence-electron chi connectivity index (χ1n) is 6.28. The van der Waals surface area contributed by atoms with E-state index in [2.05, 4.69) is 45.9 Å². The van der Waals surface area contributed by atoms with E-state index in [1.165, 1.54) is 5.56 Å². The topological polar surface area (TPSA) is 39.2 Å². The first-order valence-corrected chi connectivity index (χ1v) is 6.28. The molecule has 0 amide bonds. The van der Waals surface area contributed by atoms with Gasteiger partial charge in [0, 0.05) is 5.39 Å². The maximum atomic E-state index is 6.11. The molecule has 2 rings (SSSR count). The Balaban J connectivity index is 2.43. The molecule has 2 heteroatoms. The van der Waals surface area contributed by atoms with Crippen molar-refractivity contribution >= 4 is 11.0 Å². The fourth-order valence-corrected chi connectivity index (χ4v) is 1.93. The van der Waals surface area contributed by atoms with E-state index in [-0.39, 0.29) is 6.04 Å². The van der Waals surface area contributed by atoms with Crippen LogP contribution in [0.3, 0.4) is 0 Å². The molecule has 1 aromatic carbocycles. The molecule has 0 radical (unpaired) electrons. The van der Waals surface area contributed by atoms with Crippen LogP contribution in [0.2, 0.25) is 0 Å². The van der Waals surface area contributed by atoms with Crippen LogP contribution >= 0.6 is 0 Å². The van der Waals surface area contributed by atoms with Gasteiger partial charge in [-0.05, 0) is 35.6 Å². The molecule has 17 heavy (non-hydrogen) atoms. The highest BCUT2D eigenvalue weighted by Crippen LogP contribution is 2.28. The van der Waals surface area contributed by atoms with Crippen LogP contribution in [-0.4, -0.2) is 0 Å². The molecule has 0 aliphatic carbocycles. The maximum absolute atomic E-state index is 6.11. The molecule has 1 aromatic heterocycles. The molecule has 0 bridgehead atoms. The van der Waals surface area contributed by atoms with Gasteiger partial charge in [0.15, 0.2) is 0 Å². The SMILES string of the molecule is CC(C)c1ccc2oc(C(N)C(C)C)cc2c1. The van der Waals surface area contributed by atoms with E-state index in [9.17, 15) is 0 Å². The molecule has 1 atom stereocenters. The second-order valence-corrected chi connectivity index (χ2v) is 5.37. The van der Waals surface area contributed by atoms with E-state index in [1.807, 2.05) is 6.07 Å². The number of hydrogen-bond donors (Lipinski definition) is 1. The summed E-state index contributed by atoms with van der Waals surface area (Å²) in [6.45, 7) is 8.61. The van der Waals surface area contributed by atoms with Gasteiger partial charge >= 0.3 is 0 Å². The second kappa shape index (κ2) is 4.53. The third-order valence-corrected chi connectivity index (χ3v) is 3.27. The van der Waals surface area contributed by atoms with Crippen LogP contribution in [0.25, 0.3) is 11.0 Å². The molecule has 0 aliphatic rings. The van der Waals surface area contributed by atoms with Crippen LogP contribution in [0.1, 0.15) is 51.0 Å². The molecule has 0 fully saturated rings. The Morgan fingerprint density at radius 3 is 2.35 bits per heavy atom. The molecule has 0 aliphatic heterocycles. The van der Waals surface area contributed by atoms with Crippen LogP contribution in [0, 0.1) is 5.92 Å². The number of nitrogens with two attached hydrogens (primary N) is 1. The van der Waals surface area contributed by atoms with Crippen molar-refractivity contribution in [3.8, 4) is 0 Å². The summed E-state index contributed by atoms with van der Waals surface area (Å²) in [6, 6.07) is 8.42. The summed E-state index contributed by atoms with van der Waals surface area (Å²) in [5.41, 5.74) is 8.37. The molecular formula is C15H21NO. The van der Waals surface area contributed by atoms with Crippen molar-refractivity contribution in [3.63, 3.8) is 0 Å². The van der Waals surface area contributed by atoms with Gasteiger partial charge in [-0.1, -0.05) is 33.8 Å². The highest BCUT2D eigenvalue weighted by Gasteiger charge is 2.15. The highest BCUT2D eigenvalue weighted by atomic mass is 16.3. The maximum Gasteiger partial charge on any atom is 0.134 e. The molecule has 0 saturated heterocycles. The molecule has 2 aromatic rings. The average Bonchev–Trinajstić information content (AvgIpc) is 2.69. The Morgan fingerprint density at radius 1 is 1.06 bits per heavy atom. The zero-order valence-electron chi connectivity index (χ0n) is 11.0. The van der Waals surface area contributed by atoms with Gasteiger partial charge in [0.2, 0.25) is 0 Å². The molecule has 2 N–H and O–H groups in total. The lowest BCUT2D eigenvalue weighted by Gasteiger charge is -2.11. The Labute approximate surface area is 103 Å². The Bertz CT molecular complexity index is 511. The lowest BCUT2D eigenvalue weighted by molar-refractivity contribution is 0.418. The Hall–Kier alpha value is -1.28. The van der Waals surface area contributed by atoms with Crippen molar-refractivity contribution in [2.24, 2.45) is 11.7 Å². The van der Waals surface area contributed by atoms with E-state index in [0.717, 1.165) is 16.7 Å². The van der Waals surface area contributed by atoms with E-state index in [4.69, 9.17) is 10.2 Å². The molecule has 1 unspecified atom stereocenters. The minimum Gasteiger partial charge on any atom is -0.459 e. The zero-order valence-corrected chi connectivity index (χ0v) is 11.0. The second-order valence-electron chi connectivity index (χ2n) is 5.37. The van der Waals surface area contributed by atoms with Crippen LogP contribution in [0.5, 0.6) is 0 Å². The Morgan fingerprint density at radius 2 is 1.76 bits per heavy atom. The van der Waals surface area contributed by atoms with Crippen molar-refractivity contribution < 1.29 is 4.42 Å². The van der Waals surface area contributed by atoms with Gasteiger partial charge in [0.1, 0.15) is 11.3 Å². The highest BCUT2D eigenvalue weighted by molar-refractivity contribution is 5.79. The van der Waals surface area contributed by atoms with Gasteiger partial charge in [0.05, 0.1) is 6.04 Å². The fraction of sp³-hybridized carbons (Fsp3) is 0.467. The smallest absolute Gasteiger partial charge is 0.134 e. The predicted molar refractivity (Wildman–Crippen MR) is 72.1 cm³/mol. The summed E-state index contributed by atoms with van der Waals surface area (Å²) < 4.78 is 5.80. The number of fused-ring (bicyclic) bond motifs is 1. The molecule has 2 nitrogen and oxygen atoms in total. The van der Waals surface area contributed by atoms with Gasteiger partial charge in [0.25, 0.3) is 0 Å². The largest absolute Gasteiger partial charge is 0.459 e. The molecule has 0 saturated carbocycles. The zero-order chi connectivity index (χ0) is 12.6. The third-order valence-electron chi connectivity index (χ3n) is 3.27. The number of rotatable bonds is 3. The quantitative estimate of drug-likeness (QED) is 0.859. The van der Waals surface area contributed by atoms with E-state index in [1.54, 1.807) is 0 Å². The number of hydrogen-bond acceptors (Lipinski definition) is 2. The first-order chi connectivity index (χ1) is 7.99. The lowest BCUT2D eigenvalue weighted by Crippen LogP contribution is -2.15. The first kappa shape index (κ1) is 12.2. The third kappa shape index (κ3) is 2.37. The van der Waals surface area contributed by atoms with Crippen molar-refractivity contribution in [3.05, 3.63) is 35.6 Å². The van der Waals surface area contributed by atoms with E-state index >= 15 is 0 Å². The van der Waals surface area contributed by atoms with Crippen molar-refractivity contribution in [2.45, 2.75) is 39.7 Å². The van der Waals surface area contributed by atoms with Gasteiger partial charge < -0.3 is 10.2 Å². The summed E-state index contributed by atoms with van der Waals surface area (Å²) in [6.07, 6.45) is 0. The standard InChI is InChI=1S/C15H21NO/c1-9(2)11-5-6-13-12(7-11)8-14(17-13)15(16)10(3)4/h5-10,15H,16H2,1-4H3. The average molecular weight is 231 g/mol. The van der Waals surface area contributed by atoms with Crippen LogP contribution in [0.4, 0.5) is 0 Å². The van der Waals surface area contributed by atoms with Gasteiger partial charge in [-0.3, -0.25) is 0 Å². The summed E-state index contributed by atoms with van der Waals surface area (Å²) in [5.74, 6) is 1.81. The summed E-state index contributed by atoms with van der Waals surface area (Å²) >= 11 is 0. The monoisotopic (exact) mass is 231 g/mol. The van der Waals surface area contributed by atoms with Gasteiger partial charge in [-0.2, -0.15) is 0 Å².